The highest BCUT2D eigenvalue weighted by molar-refractivity contribution is 7.98. The van der Waals surface area contributed by atoms with E-state index in [-0.39, 0.29) is 0 Å². The van der Waals surface area contributed by atoms with Crippen molar-refractivity contribution >= 4 is 11.8 Å². The van der Waals surface area contributed by atoms with E-state index < -0.39 is 0 Å². The minimum Gasteiger partial charge on any atom is -0.312 e. The molecule has 2 aromatic rings. The molecule has 0 saturated carbocycles. The molecule has 0 radical (unpaired) electrons. The standard InChI is InChI=1S/C18H23NS/c1-14-7-6-9-16(11-14)12-20-13-18(19-3)17-10-5-4-8-15(17)2/h4-11,18-19H,12-13H2,1-3H3. The van der Waals surface area contributed by atoms with Crippen LogP contribution in [0.1, 0.15) is 28.3 Å². The van der Waals surface area contributed by atoms with Gasteiger partial charge in [0.15, 0.2) is 0 Å². The van der Waals surface area contributed by atoms with Crippen LogP contribution in [-0.2, 0) is 5.75 Å². The van der Waals surface area contributed by atoms with Gasteiger partial charge in [-0.2, -0.15) is 11.8 Å². The van der Waals surface area contributed by atoms with E-state index in [0.717, 1.165) is 11.5 Å². The van der Waals surface area contributed by atoms with Gasteiger partial charge in [0.1, 0.15) is 0 Å². The molecule has 0 aliphatic rings. The second-order valence-electron chi connectivity index (χ2n) is 5.20. The van der Waals surface area contributed by atoms with Gasteiger partial charge in [-0.3, -0.25) is 0 Å². The Morgan fingerprint density at radius 1 is 1.05 bits per heavy atom. The summed E-state index contributed by atoms with van der Waals surface area (Å²) in [6.07, 6.45) is 0. The second-order valence-corrected chi connectivity index (χ2v) is 6.23. The van der Waals surface area contributed by atoms with Crippen molar-refractivity contribution in [2.24, 2.45) is 0 Å². The maximum Gasteiger partial charge on any atom is 0.0412 e. The molecular weight excluding hydrogens is 262 g/mol. The molecule has 0 aromatic heterocycles. The van der Waals surface area contributed by atoms with Crippen molar-refractivity contribution in [1.29, 1.82) is 0 Å². The van der Waals surface area contributed by atoms with Crippen LogP contribution in [0, 0.1) is 13.8 Å². The van der Waals surface area contributed by atoms with E-state index >= 15 is 0 Å². The highest BCUT2D eigenvalue weighted by Gasteiger charge is 2.11. The third kappa shape index (κ3) is 4.12. The molecule has 20 heavy (non-hydrogen) atoms. The number of benzene rings is 2. The summed E-state index contributed by atoms with van der Waals surface area (Å²) in [6.45, 7) is 4.34. The summed E-state index contributed by atoms with van der Waals surface area (Å²) in [7, 11) is 2.05. The van der Waals surface area contributed by atoms with Gasteiger partial charge in [0, 0.05) is 17.5 Å². The predicted octanol–water partition coefficient (Wildman–Crippen LogP) is 4.50. The lowest BCUT2D eigenvalue weighted by molar-refractivity contribution is 0.658. The van der Waals surface area contributed by atoms with Crippen LogP contribution in [-0.4, -0.2) is 12.8 Å². The van der Waals surface area contributed by atoms with E-state index in [0.29, 0.717) is 6.04 Å². The third-order valence-corrected chi connectivity index (χ3v) is 4.65. The Hall–Kier alpha value is -1.25. The van der Waals surface area contributed by atoms with Crippen LogP contribution in [0.5, 0.6) is 0 Å². The summed E-state index contributed by atoms with van der Waals surface area (Å²) in [6, 6.07) is 17.8. The molecule has 1 unspecified atom stereocenters. The Labute approximate surface area is 126 Å². The number of nitrogens with one attached hydrogen (secondary N) is 1. The molecular formula is C18H23NS. The van der Waals surface area contributed by atoms with Gasteiger partial charge in [0.2, 0.25) is 0 Å². The average Bonchev–Trinajstić information content (AvgIpc) is 2.45. The molecule has 1 nitrogen and oxygen atoms in total. The van der Waals surface area contributed by atoms with Gasteiger partial charge in [0.25, 0.3) is 0 Å². The van der Waals surface area contributed by atoms with Crippen molar-refractivity contribution in [3.05, 3.63) is 70.8 Å². The molecule has 1 N–H and O–H groups in total. The van der Waals surface area contributed by atoms with Crippen molar-refractivity contribution in [3.8, 4) is 0 Å². The fourth-order valence-corrected chi connectivity index (χ4v) is 3.52. The van der Waals surface area contributed by atoms with E-state index in [2.05, 4.69) is 67.7 Å². The van der Waals surface area contributed by atoms with Gasteiger partial charge < -0.3 is 5.32 Å². The van der Waals surface area contributed by atoms with Crippen molar-refractivity contribution in [2.45, 2.75) is 25.6 Å². The molecule has 0 amide bonds. The second kappa shape index (κ2) is 7.51. The zero-order valence-corrected chi connectivity index (χ0v) is 13.3. The number of hydrogen-bond donors (Lipinski definition) is 1. The van der Waals surface area contributed by atoms with Crippen LogP contribution in [0.3, 0.4) is 0 Å². The van der Waals surface area contributed by atoms with Gasteiger partial charge in [-0.05, 0) is 37.6 Å². The summed E-state index contributed by atoms with van der Waals surface area (Å²) in [5.74, 6) is 2.17. The molecule has 0 aliphatic heterocycles. The molecule has 0 bridgehead atoms. The van der Waals surface area contributed by atoms with Crippen LogP contribution in [0.2, 0.25) is 0 Å². The van der Waals surface area contributed by atoms with Crippen LogP contribution in [0.4, 0.5) is 0 Å². The highest BCUT2D eigenvalue weighted by atomic mass is 32.2. The minimum absolute atomic E-state index is 0.422. The molecule has 2 heteroatoms. The number of thioether (sulfide) groups is 1. The van der Waals surface area contributed by atoms with E-state index in [4.69, 9.17) is 0 Å². The lowest BCUT2D eigenvalue weighted by Gasteiger charge is -2.18. The molecule has 106 valence electrons. The van der Waals surface area contributed by atoms with E-state index in [1.807, 2.05) is 18.8 Å². The molecule has 0 heterocycles. The first-order valence-corrected chi connectivity index (χ1v) is 8.22. The predicted molar refractivity (Wildman–Crippen MR) is 90.3 cm³/mol. The van der Waals surface area contributed by atoms with Crippen LogP contribution < -0.4 is 5.32 Å². The minimum atomic E-state index is 0.422. The first kappa shape index (κ1) is 15.1. The third-order valence-electron chi connectivity index (χ3n) is 3.55. The SMILES string of the molecule is CNC(CSCc1cccc(C)c1)c1ccccc1C. The van der Waals surface area contributed by atoms with Gasteiger partial charge in [0.05, 0.1) is 0 Å². The molecule has 0 saturated heterocycles. The number of rotatable bonds is 6. The zero-order chi connectivity index (χ0) is 14.4. The Bertz CT molecular complexity index is 551. The van der Waals surface area contributed by atoms with Crippen LogP contribution >= 0.6 is 11.8 Å². The van der Waals surface area contributed by atoms with Gasteiger partial charge in [-0.25, -0.2) is 0 Å². The fraction of sp³-hybridized carbons (Fsp3) is 0.333. The summed E-state index contributed by atoms with van der Waals surface area (Å²) in [5.41, 5.74) is 5.52. The molecule has 1 atom stereocenters. The number of hydrogen-bond acceptors (Lipinski definition) is 2. The Balaban J connectivity index is 1.93. The van der Waals surface area contributed by atoms with Gasteiger partial charge in [-0.1, -0.05) is 54.1 Å². The first-order chi connectivity index (χ1) is 9.70. The van der Waals surface area contributed by atoms with Crippen molar-refractivity contribution in [3.63, 3.8) is 0 Å². The maximum atomic E-state index is 3.44. The summed E-state index contributed by atoms with van der Waals surface area (Å²) in [4.78, 5) is 0. The van der Waals surface area contributed by atoms with Crippen LogP contribution in [0.25, 0.3) is 0 Å². The lowest BCUT2D eigenvalue weighted by atomic mass is 10.0. The average molecular weight is 285 g/mol. The van der Waals surface area contributed by atoms with Gasteiger partial charge in [-0.15, -0.1) is 0 Å². The molecule has 0 spiro atoms. The quantitative estimate of drug-likeness (QED) is 0.839. The maximum absolute atomic E-state index is 3.44. The van der Waals surface area contributed by atoms with Crippen molar-refractivity contribution in [2.75, 3.05) is 12.8 Å². The lowest BCUT2D eigenvalue weighted by Crippen LogP contribution is -2.19. The van der Waals surface area contributed by atoms with Crippen molar-refractivity contribution in [1.82, 2.24) is 5.32 Å². The van der Waals surface area contributed by atoms with Crippen molar-refractivity contribution < 1.29 is 0 Å². The zero-order valence-electron chi connectivity index (χ0n) is 12.5. The topological polar surface area (TPSA) is 12.0 Å². The van der Waals surface area contributed by atoms with E-state index in [9.17, 15) is 0 Å². The summed E-state index contributed by atoms with van der Waals surface area (Å²) < 4.78 is 0. The molecule has 2 aromatic carbocycles. The normalized spacial score (nSPS) is 12.3. The van der Waals surface area contributed by atoms with E-state index in [1.54, 1.807) is 0 Å². The summed E-state index contributed by atoms with van der Waals surface area (Å²) >= 11 is 1.99. The molecule has 2 rings (SSSR count). The first-order valence-electron chi connectivity index (χ1n) is 7.07. The smallest absolute Gasteiger partial charge is 0.0412 e. The molecule has 0 aliphatic carbocycles. The molecule has 0 fully saturated rings. The van der Waals surface area contributed by atoms with E-state index in [1.165, 1.54) is 22.3 Å². The highest BCUT2D eigenvalue weighted by Crippen LogP contribution is 2.23. The fourth-order valence-electron chi connectivity index (χ4n) is 2.40. The largest absolute Gasteiger partial charge is 0.312 e. The summed E-state index contributed by atoms with van der Waals surface area (Å²) in [5, 5.41) is 3.44. The Morgan fingerprint density at radius 3 is 2.55 bits per heavy atom. The van der Waals surface area contributed by atoms with Gasteiger partial charge >= 0.3 is 0 Å². The monoisotopic (exact) mass is 285 g/mol. The Morgan fingerprint density at radius 2 is 1.85 bits per heavy atom. The Kier molecular flexibility index (Phi) is 5.69. The number of aryl methyl sites for hydroxylation is 2. The van der Waals surface area contributed by atoms with Crippen LogP contribution in [0.15, 0.2) is 48.5 Å².